The van der Waals surface area contributed by atoms with E-state index in [0.29, 0.717) is 6.54 Å². The number of hydrogen-bond acceptors (Lipinski definition) is 2. The van der Waals surface area contributed by atoms with E-state index in [1.54, 1.807) is 4.90 Å². The average Bonchev–Trinajstić information content (AvgIpc) is 2.73. The molecule has 4 heteroatoms. The second-order valence-electron chi connectivity index (χ2n) is 8.08. The summed E-state index contributed by atoms with van der Waals surface area (Å²) in [4.78, 5) is 30.4. The van der Waals surface area contributed by atoms with Gasteiger partial charge in [-0.25, -0.2) is 0 Å². The van der Waals surface area contributed by atoms with Gasteiger partial charge in [-0.15, -0.1) is 0 Å². The molecule has 2 fully saturated rings. The largest absolute Gasteiger partial charge is 0.328 e. The van der Waals surface area contributed by atoms with Crippen molar-refractivity contribution in [1.82, 2.24) is 9.80 Å². The number of carbonyl (C=O) groups excluding carboxylic acids is 2. The van der Waals surface area contributed by atoms with Crippen LogP contribution >= 0.6 is 0 Å². The summed E-state index contributed by atoms with van der Waals surface area (Å²) < 4.78 is 0. The monoisotopic (exact) mass is 376 g/mol. The zero-order valence-corrected chi connectivity index (χ0v) is 16.5. The van der Waals surface area contributed by atoms with Crippen LogP contribution in [-0.4, -0.2) is 34.2 Å². The highest BCUT2D eigenvalue weighted by atomic mass is 16.2. The molecular formula is C24H28N2O2. The number of aryl methyl sites for hydroxylation is 1. The topological polar surface area (TPSA) is 40.6 Å². The molecule has 0 radical (unpaired) electrons. The lowest BCUT2D eigenvalue weighted by atomic mass is 9.91. The van der Waals surface area contributed by atoms with E-state index >= 15 is 0 Å². The van der Waals surface area contributed by atoms with Gasteiger partial charge < -0.3 is 9.80 Å². The predicted molar refractivity (Wildman–Crippen MR) is 109 cm³/mol. The minimum absolute atomic E-state index is 0.0413. The number of piperazine rings is 1. The molecule has 1 aliphatic carbocycles. The lowest BCUT2D eigenvalue weighted by molar-refractivity contribution is -0.160. The van der Waals surface area contributed by atoms with Crippen molar-refractivity contribution in [2.45, 2.75) is 57.7 Å². The maximum absolute atomic E-state index is 13.6. The van der Waals surface area contributed by atoms with Crippen LogP contribution in [0.25, 0.3) is 0 Å². The maximum Gasteiger partial charge on any atom is 0.250 e. The molecule has 4 nitrogen and oxygen atoms in total. The average molecular weight is 376 g/mol. The summed E-state index contributed by atoms with van der Waals surface area (Å²) in [6, 6.07) is 17.6. The van der Waals surface area contributed by atoms with E-state index in [0.717, 1.165) is 42.4 Å². The summed E-state index contributed by atoms with van der Waals surface area (Å²) in [6.45, 7) is 2.70. The van der Waals surface area contributed by atoms with E-state index in [-0.39, 0.29) is 24.4 Å². The van der Waals surface area contributed by atoms with E-state index in [1.807, 2.05) is 66.4 Å². The molecule has 1 saturated carbocycles. The molecule has 0 bridgehead atoms. The molecule has 2 amide bonds. The van der Waals surface area contributed by atoms with Crippen LogP contribution in [0.5, 0.6) is 0 Å². The predicted octanol–water partition coefficient (Wildman–Crippen LogP) is 4.24. The van der Waals surface area contributed by atoms with Crippen molar-refractivity contribution in [1.29, 1.82) is 0 Å². The zero-order chi connectivity index (χ0) is 19.5. The van der Waals surface area contributed by atoms with Crippen molar-refractivity contribution >= 4 is 11.8 Å². The van der Waals surface area contributed by atoms with Crippen LogP contribution in [0.3, 0.4) is 0 Å². The van der Waals surface area contributed by atoms with Crippen LogP contribution in [0.4, 0.5) is 0 Å². The number of amides is 2. The molecule has 1 saturated heterocycles. The first-order valence-electron chi connectivity index (χ1n) is 10.3. The Labute approximate surface area is 167 Å². The van der Waals surface area contributed by atoms with E-state index in [4.69, 9.17) is 0 Å². The Hall–Kier alpha value is -2.62. The highest BCUT2D eigenvalue weighted by Crippen LogP contribution is 2.33. The fraction of sp³-hybridized carbons (Fsp3) is 0.417. The molecule has 2 aromatic rings. The Balaban J connectivity index is 1.67. The third-order valence-electron chi connectivity index (χ3n) is 6.06. The molecule has 0 spiro atoms. The Morgan fingerprint density at radius 3 is 2.25 bits per heavy atom. The number of carbonyl (C=O) groups is 2. The number of hydrogen-bond donors (Lipinski definition) is 0. The van der Waals surface area contributed by atoms with Gasteiger partial charge in [-0.1, -0.05) is 79.4 Å². The third-order valence-corrected chi connectivity index (χ3v) is 6.06. The Morgan fingerprint density at radius 2 is 1.57 bits per heavy atom. The Kier molecular flexibility index (Phi) is 5.47. The minimum atomic E-state index is -0.538. The van der Waals surface area contributed by atoms with Gasteiger partial charge >= 0.3 is 0 Å². The van der Waals surface area contributed by atoms with Gasteiger partial charge in [0.2, 0.25) is 5.91 Å². The van der Waals surface area contributed by atoms with Crippen LogP contribution in [-0.2, 0) is 16.1 Å². The van der Waals surface area contributed by atoms with Crippen molar-refractivity contribution in [3.05, 3.63) is 71.3 Å². The van der Waals surface area contributed by atoms with E-state index in [1.165, 1.54) is 6.42 Å². The second-order valence-corrected chi connectivity index (χ2v) is 8.08. The molecule has 1 heterocycles. The molecular weight excluding hydrogens is 348 g/mol. The zero-order valence-electron chi connectivity index (χ0n) is 16.5. The summed E-state index contributed by atoms with van der Waals surface area (Å²) in [5.74, 6) is 0.117. The van der Waals surface area contributed by atoms with Crippen LogP contribution in [0.2, 0.25) is 0 Å². The fourth-order valence-electron chi connectivity index (χ4n) is 4.48. The summed E-state index contributed by atoms with van der Waals surface area (Å²) in [5.41, 5.74) is 3.10. The molecule has 1 aliphatic heterocycles. The lowest BCUT2D eigenvalue weighted by Crippen LogP contribution is -2.58. The molecule has 2 aliphatic rings. The van der Waals surface area contributed by atoms with Gasteiger partial charge in [0.05, 0.1) is 0 Å². The van der Waals surface area contributed by atoms with Crippen LogP contribution in [0.1, 0.15) is 54.8 Å². The normalized spacial score (nSPS) is 21.2. The molecule has 146 valence electrons. The maximum atomic E-state index is 13.6. The highest BCUT2D eigenvalue weighted by Gasteiger charge is 2.42. The van der Waals surface area contributed by atoms with Crippen molar-refractivity contribution in [2.75, 3.05) is 6.54 Å². The number of benzene rings is 2. The number of nitrogens with zero attached hydrogens (tertiary/aromatic N) is 2. The van der Waals surface area contributed by atoms with Crippen molar-refractivity contribution in [3.63, 3.8) is 0 Å². The first-order chi connectivity index (χ1) is 13.6. The molecule has 2 aromatic carbocycles. The third kappa shape index (κ3) is 3.82. The van der Waals surface area contributed by atoms with Crippen molar-refractivity contribution in [3.8, 4) is 0 Å². The van der Waals surface area contributed by atoms with E-state index in [9.17, 15) is 9.59 Å². The van der Waals surface area contributed by atoms with Gasteiger partial charge in [-0.05, 0) is 30.9 Å². The quantitative estimate of drug-likeness (QED) is 0.801. The molecule has 28 heavy (non-hydrogen) atoms. The SMILES string of the molecule is Cc1ccc(C2C(=O)N(C3CCCCC3)CC(=O)N2Cc2ccccc2)cc1. The minimum Gasteiger partial charge on any atom is -0.328 e. The summed E-state index contributed by atoms with van der Waals surface area (Å²) >= 11 is 0. The van der Waals surface area contributed by atoms with Gasteiger partial charge in [0.15, 0.2) is 0 Å². The molecule has 0 N–H and O–H groups in total. The van der Waals surface area contributed by atoms with Crippen LogP contribution in [0.15, 0.2) is 54.6 Å². The van der Waals surface area contributed by atoms with Crippen molar-refractivity contribution < 1.29 is 9.59 Å². The van der Waals surface area contributed by atoms with Crippen LogP contribution in [0, 0.1) is 6.92 Å². The molecule has 1 atom stereocenters. The van der Waals surface area contributed by atoms with Gasteiger partial charge in [0.25, 0.3) is 5.91 Å². The molecule has 1 unspecified atom stereocenters. The lowest BCUT2D eigenvalue weighted by Gasteiger charge is -2.44. The van der Waals surface area contributed by atoms with E-state index < -0.39 is 6.04 Å². The Bertz CT molecular complexity index is 825. The Morgan fingerprint density at radius 1 is 0.893 bits per heavy atom. The fourth-order valence-corrected chi connectivity index (χ4v) is 4.48. The van der Waals surface area contributed by atoms with Crippen molar-refractivity contribution in [2.24, 2.45) is 0 Å². The second kappa shape index (κ2) is 8.17. The summed E-state index contributed by atoms with van der Waals surface area (Å²) in [5, 5.41) is 0. The van der Waals surface area contributed by atoms with Gasteiger partial charge in [0.1, 0.15) is 12.6 Å². The summed E-state index contributed by atoms with van der Waals surface area (Å²) in [7, 11) is 0. The van der Waals surface area contributed by atoms with E-state index in [2.05, 4.69) is 0 Å². The van der Waals surface area contributed by atoms with Gasteiger partial charge in [0, 0.05) is 12.6 Å². The smallest absolute Gasteiger partial charge is 0.250 e. The highest BCUT2D eigenvalue weighted by molar-refractivity contribution is 5.95. The first-order valence-corrected chi connectivity index (χ1v) is 10.3. The summed E-state index contributed by atoms with van der Waals surface area (Å²) in [6.07, 6.45) is 5.54. The van der Waals surface area contributed by atoms with Gasteiger partial charge in [-0.2, -0.15) is 0 Å². The number of rotatable bonds is 4. The van der Waals surface area contributed by atoms with Gasteiger partial charge in [-0.3, -0.25) is 9.59 Å². The molecule has 4 rings (SSSR count). The van der Waals surface area contributed by atoms with Crippen LogP contribution < -0.4 is 0 Å². The standard InChI is InChI=1S/C24H28N2O2/c1-18-12-14-20(15-13-18)23-24(28)25(21-10-6-3-7-11-21)17-22(27)26(23)16-19-8-4-2-5-9-19/h2,4-5,8-9,12-15,21,23H,3,6-7,10-11,16-17H2,1H3. The molecule has 0 aromatic heterocycles. The first kappa shape index (κ1) is 18.7.